The van der Waals surface area contributed by atoms with Crippen molar-refractivity contribution in [3.05, 3.63) is 53.6 Å². The standard InChI is InChI=1S/C15H18N2O3S/c1-11-4-3-5-13(8-11)21(18,19)17-14-7-6-12(10-16)9-15(14)20-2/h3-9,17H,10,16H2,1-2H3. The molecule has 2 aromatic rings. The Labute approximate surface area is 124 Å². The molecule has 0 heterocycles. The minimum absolute atomic E-state index is 0.215. The number of nitrogens with one attached hydrogen (secondary N) is 1. The Bertz CT molecular complexity index is 742. The van der Waals surface area contributed by atoms with Crippen LogP contribution in [-0.2, 0) is 16.6 Å². The van der Waals surface area contributed by atoms with Crippen LogP contribution < -0.4 is 15.2 Å². The first-order valence-electron chi connectivity index (χ1n) is 6.43. The lowest BCUT2D eigenvalue weighted by atomic mass is 10.2. The summed E-state index contributed by atoms with van der Waals surface area (Å²) in [6.45, 7) is 2.21. The molecule has 112 valence electrons. The van der Waals surface area contributed by atoms with Gasteiger partial charge in [0, 0.05) is 6.54 Å². The van der Waals surface area contributed by atoms with Crippen molar-refractivity contribution in [3.8, 4) is 5.75 Å². The summed E-state index contributed by atoms with van der Waals surface area (Å²) in [6, 6.07) is 11.8. The number of nitrogens with two attached hydrogens (primary N) is 1. The van der Waals surface area contributed by atoms with Crippen LogP contribution in [0.4, 0.5) is 5.69 Å². The topological polar surface area (TPSA) is 81.4 Å². The van der Waals surface area contributed by atoms with Crippen molar-refractivity contribution >= 4 is 15.7 Å². The summed E-state index contributed by atoms with van der Waals surface area (Å²) in [5, 5.41) is 0. The number of aryl methyl sites for hydroxylation is 1. The van der Waals surface area contributed by atoms with Crippen molar-refractivity contribution in [2.24, 2.45) is 5.73 Å². The van der Waals surface area contributed by atoms with Gasteiger partial charge in [0.2, 0.25) is 0 Å². The van der Waals surface area contributed by atoms with E-state index in [1.54, 1.807) is 36.4 Å². The van der Waals surface area contributed by atoms with E-state index in [0.29, 0.717) is 18.0 Å². The fourth-order valence-electron chi connectivity index (χ4n) is 1.93. The molecule has 0 saturated heterocycles. The second-order valence-corrected chi connectivity index (χ2v) is 6.34. The van der Waals surface area contributed by atoms with Crippen LogP contribution in [0, 0.1) is 6.92 Å². The predicted molar refractivity (Wildman–Crippen MR) is 82.9 cm³/mol. The third-order valence-corrected chi connectivity index (χ3v) is 4.41. The molecule has 0 aliphatic heterocycles. The van der Waals surface area contributed by atoms with E-state index in [0.717, 1.165) is 11.1 Å². The number of benzene rings is 2. The van der Waals surface area contributed by atoms with Gasteiger partial charge in [0.25, 0.3) is 10.0 Å². The second kappa shape index (κ2) is 6.15. The summed E-state index contributed by atoms with van der Waals surface area (Å²) in [5.41, 5.74) is 7.69. The Morgan fingerprint density at radius 1 is 1.19 bits per heavy atom. The highest BCUT2D eigenvalue weighted by Gasteiger charge is 2.16. The lowest BCUT2D eigenvalue weighted by Crippen LogP contribution is -2.14. The number of rotatable bonds is 5. The lowest BCUT2D eigenvalue weighted by Gasteiger charge is -2.13. The van der Waals surface area contributed by atoms with E-state index in [2.05, 4.69) is 4.72 Å². The largest absolute Gasteiger partial charge is 0.495 e. The summed E-state index contributed by atoms with van der Waals surface area (Å²) >= 11 is 0. The monoisotopic (exact) mass is 306 g/mol. The average Bonchev–Trinajstić information content (AvgIpc) is 2.47. The molecule has 2 rings (SSSR count). The predicted octanol–water partition coefficient (Wildman–Crippen LogP) is 2.26. The van der Waals surface area contributed by atoms with Crippen LogP contribution in [0.5, 0.6) is 5.75 Å². The van der Waals surface area contributed by atoms with Crippen molar-refractivity contribution in [2.75, 3.05) is 11.8 Å². The first kappa shape index (κ1) is 15.3. The summed E-state index contributed by atoms with van der Waals surface area (Å²) < 4.78 is 32.5. The highest BCUT2D eigenvalue weighted by atomic mass is 32.2. The van der Waals surface area contributed by atoms with E-state index in [4.69, 9.17) is 10.5 Å². The van der Waals surface area contributed by atoms with E-state index in [1.807, 2.05) is 13.0 Å². The van der Waals surface area contributed by atoms with Crippen LogP contribution in [0.25, 0.3) is 0 Å². The third kappa shape index (κ3) is 3.53. The summed E-state index contributed by atoms with van der Waals surface area (Å²) in [5.74, 6) is 0.439. The molecule has 6 heteroatoms. The van der Waals surface area contributed by atoms with Gasteiger partial charge in [-0.15, -0.1) is 0 Å². The minimum Gasteiger partial charge on any atom is -0.495 e. The third-order valence-electron chi connectivity index (χ3n) is 3.05. The molecule has 0 aliphatic carbocycles. The Morgan fingerprint density at radius 3 is 2.57 bits per heavy atom. The summed E-state index contributed by atoms with van der Waals surface area (Å²) in [4.78, 5) is 0.215. The first-order valence-corrected chi connectivity index (χ1v) is 7.91. The number of hydrogen-bond acceptors (Lipinski definition) is 4. The number of sulfonamides is 1. The zero-order valence-corrected chi connectivity index (χ0v) is 12.8. The van der Waals surface area contributed by atoms with Gasteiger partial charge in [0.15, 0.2) is 0 Å². The molecule has 3 N–H and O–H groups in total. The number of hydrogen-bond donors (Lipinski definition) is 2. The molecule has 0 amide bonds. The molecule has 0 radical (unpaired) electrons. The molecule has 21 heavy (non-hydrogen) atoms. The Morgan fingerprint density at radius 2 is 1.95 bits per heavy atom. The first-order chi connectivity index (χ1) is 9.96. The number of anilines is 1. The lowest BCUT2D eigenvalue weighted by molar-refractivity contribution is 0.416. The van der Waals surface area contributed by atoms with Gasteiger partial charge in [-0.05, 0) is 42.3 Å². The van der Waals surface area contributed by atoms with Gasteiger partial charge < -0.3 is 10.5 Å². The van der Waals surface area contributed by atoms with Gasteiger partial charge >= 0.3 is 0 Å². The Kier molecular flexibility index (Phi) is 4.50. The Hall–Kier alpha value is -2.05. The van der Waals surface area contributed by atoms with E-state index in [-0.39, 0.29) is 4.90 Å². The number of methoxy groups -OCH3 is 1. The Balaban J connectivity index is 2.37. The van der Waals surface area contributed by atoms with Crippen molar-refractivity contribution in [3.63, 3.8) is 0 Å². The van der Waals surface area contributed by atoms with Gasteiger partial charge in [-0.3, -0.25) is 4.72 Å². The quantitative estimate of drug-likeness (QED) is 0.888. The molecule has 0 unspecified atom stereocenters. The van der Waals surface area contributed by atoms with Crippen LogP contribution in [-0.4, -0.2) is 15.5 Å². The molecule has 0 spiro atoms. The fourth-order valence-corrected chi connectivity index (χ4v) is 3.11. The normalized spacial score (nSPS) is 11.2. The average molecular weight is 306 g/mol. The molecule has 0 saturated carbocycles. The van der Waals surface area contributed by atoms with E-state index >= 15 is 0 Å². The van der Waals surface area contributed by atoms with Crippen molar-refractivity contribution in [1.29, 1.82) is 0 Å². The van der Waals surface area contributed by atoms with Crippen molar-refractivity contribution < 1.29 is 13.2 Å². The maximum Gasteiger partial charge on any atom is 0.262 e. The fraction of sp³-hybridized carbons (Fsp3) is 0.200. The molecular weight excluding hydrogens is 288 g/mol. The van der Waals surface area contributed by atoms with Gasteiger partial charge in [0.1, 0.15) is 5.75 Å². The van der Waals surface area contributed by atoms with Gasteiger partial charge in [-0.25, -0.2) is 8.42 Å². The zero-order valence-electron chi connectivity index (χ0n) is 12.0. The zero-order chi connectivity index (χ0) is 15.5. The maximum atomic E-state index is 12.4. The van der Waals surface area contributed by atoms with Crippen LogP contribution in [0.3, 0.4) is 0 Å². The molecular formula is C15H18N2O3S. The van der Waals surface area contributed by atoms with Crippen LogP contribution in [0.2, 0.25) is 0 Å². The second-order valence-electron chi connectivity index (χ2n) is 4.66. The van der Waals surface area contributed by atoms with Crippen LogP contribution in [0.15, 0.2) is 47.4 Å². The minimum atomic E-state index is -3.65. The summed E-state index contributed by atoms with van der Waals surface area (Å²) in [6.07, 6.45) is 0. The highest BCUT2D eigenvalue weighted by Crippen LogP contribution is 2.28. The number of ether oxygens (including phenoxy) is 1. The van der Waals surface area contributed by atoms with Crippen molar-refractivity contribution in [1.82, 2.24) is 0 Å². The van der Waals surface area contributed by atoms with Gasteiger partial charge in [0.05, 0.1) is 17.7 Å². The smallest absolute Gasteiger partial charge is 0.262 e. The molecule has 2 aromatic carbocycles. The van der Waals surface area contributed by atoms with Crippen LogP contribution >= 0.6 is 0 Å². The molecule has 0 aromatic heterocycles. The molecule has 0 bridgehead atoms. The van der Waals surface area contributed by atoms with E-state index in [1.165, 1.54) is 7.11 Å². The summed E-state index contributed by atoms with van der Waals surface area (Å²) in [7, 11) is -2.16. The maximum absolute atomic E-state index is 12.4. The SMILES string of the molecule is COc1cc(CN)ccc1NS(=O)(=O)c1cccc(C)c1. The van der Waals surface area contributed by atoms with Gasteiger partial charge in [-0.1, -0.05) is 18.2 Å². The van der Waals surface area contributed by atoms with Crippen molar-refractivity contribution in [2.45, 2.75) is 18.4 Å². The molecule has 5 nitrogen and oxygen atoms in total. The molecule has 0 atom stereocenters. The van der Waals surface area contributed by atoms with E-state index < -0.39 is 10.0 Å². The van der Waals surface area contributed by atoms with Gasteiger partial charge in [-0.2, -0.15) is 0 Å². The molecule has 0 fully saturated rings. The highest BCUT2D eigenvalue weighted by molar-refractivity contribution is 7.92. The van der Waals surface area contributed by atoms with E-state index in [9.17, 15) is 8.42 Å². The molecule has 0 aliphatic rings. The van der Waals surface area contributed by atoms with Crippen LogP contribution in [0.1, 0.15) is 11.1 Å².